The van der Waals surface area contributed by atoms with Gasteiger partial charge in [0.25, 0.3) is 6.43 Å². The summed E-state index contributed by atoms with van der Waals surface area (Å²) in [6, 6.07) is 12.8. The minimum atomic E-state index is -2.75. The fourth-order valence-electron chi connectivity index (χ4n) is 10.00. The van der Waals surface area contributed by atoms with Gasteiger partial charge < -0.3 is 28.7 Å². The number of anilines is 4. The number of rotatable bonds is 10. The molecule has 0 aliphatic carbocycles. The van der Waals surface area contributed by atoms with Crippen molar-refractivity contribution in [2.75, 3.05) is 74.7 Å². The second-order valence-corrected chi connectivity index (χ2v) is 17.1. The first-order chi connectivity index (χ1) is 30.0. The van der Waals surface area contributed by atoms with Crippen molar-refractivity contribution in [3.8, 4) is 16.9 Å². The third-order valence-corrected chi connectivity index (χ3v) is 13.5. The Bertz CT molecular complexity index is 2500. The van der Waals surface area contributed by atoms with Crippen molar-refractivity contribution in [1.82, 2.24) is 34.3 Å². The molecule has 4 amide bonds. The van der Waals surface area contributed by atoms with Crippen LogP contribution in [0.1, 0.15) is 73.9 Å². The number of imidazole rings is 1. The van der Waals surface area contributed by atoms with E-state index < -0.39 is 6.43 Å². The Balaban J connectivity index is 0.882. The molecule has 62 heavy (non-hydrogen) atoms. The van der Waals surface area contributed by atoms with Crippen LogP contribution >= 0.6 is 0 Å². The number of ether oxygens (including phenoxy) is 1. The number of hydrogen-bond acceptors (Lipinski definition) is 9. The Hall–Kier alpha value is -6.03. The van der Waals surface area contributed by atoms with Gasteiger partial charge in [0, 0.05) is 119 Å². The van der Waals surface area contributed by atoms with E-state index >= 15 is 0 Å². The number of methoxy groups -OCH3 is 1. The fraction of sp³-hybridized carbons (Fsp3) is 0.457. The van der Waals surface area contributed by atoms with E-state index in [-0.39, 0.29) is 29.5 Å². The summed E-state index contributed by atoms with van der Waals surface area (Å²) in [6.45, 7) is 9.91. The van der Waals surface area contributed by atoms with Gasteiger partial charge in [0.2, 0.25) is 11.8 Å². The lowest BCUT2D eigenvalue weighted by Crippen LogP contribution is -2.50. The SMILES string of the molecule is COc1cn2ccnc2cc1-c1ccc(N(C)c2nn(C3CCN(CC4CCN(c5cccc(N6CCC(=O)NC6=O)c5C)CC4)CC3)c3c2CN(C(C)=O)CC3)cc1C(F)F. The van der Waals surface area contributed by atoms with E-state index in [1.165, 1.54) is 13.2 Å². The Morgan fingerprint density at radius 1 is 0.968 bits per heavy atom. The molecule has 0 atom stereocenters. The number of hydrogen-bond donors (Lipinski definition) is 1. The van der Waals surface area contributed by atoms with Gasteiger partial charge in [-0.3, -0.25) is 24.5 Å². The van der Waals surface area contributed by atoms with Crippen LogP contribution in [0.15, 0.2) is 61.1 Å². The number of nitrogens with zero attached hydrogens (tertiary/aromatic N) is 9. The zero-order chi connectivity index (χ0) is 43.2. The number of fused-ring (bicyclic) bond motifs is 2. The highest BCUT2D eigenvalue weighted by Crippen LogP contribution is 2.42. The van der Waals surface area contributed by atoms with Gasteiger partial charge >= 0.3 is 6.03 Å². The number of piperidine rings is 2. The van der Waals surface area contributed by atoms with Crippen molar-refractivity contribution in [3.05, 3.63) is 83.4 Å². The molecule has 9 rings (SSSR count). The predicted octanol–water partition coefficient (Wildman–Crippen LogP) is 7.12. The normalized spacial score (nSPS) is 18.1. The second kappa shape index (κ2) is 17.0. The molecule has 5 aromatic rings. The Labute approximate surface area is 360 Å². The summed E-state index contributed by atoms with van der Waals surface area (Å²) in [6.07, 6.45) is 7.47. The maximum Gasteiger partial charge on any atom is 0.328 e. The third-order valence-electron chi connectivity index (χ3n) is 13.5. The number of nitrogens with one attached hydrogen (secondary N) is 1. The van der Waals surface area contributed by atoms with Crippen molar-refractivity contribution in [2.45, 2.75) is 71.4 Å². The average molecular weight is 849 g/mol. The average Bonchev–Trinajstić information content (AvgIpc) is 3.91. The van der Waals surface area contributed by atoms with Gasteiger partial charge in [-0.2, -0.15) is 5.10 Å². The molecule has 326 valence electrons. The van der Waals surface area contributed by atoms with Gasteiger partial charge in [-0.25, -0.2) is 18.6 Å². The van der Waals surface area contributed by atoms with E-state index in [1.807, 2.05) is 35.0 Å². The van der Waals surface area contributed by atoms with E-state index in [0.717, 1.165) is 86.6 Å². The number of pyridine rings is 1. The number of halogens is 2. The molecule has 3 aromatic heterocycles. The Morgan fingerprint density at radius 2 is 1.74 bits per heavy atom. The summed E-state index contributed by atoms with van der Waals surface area (Å²) in [5, 5.41) is 7.69. The number of carbonyl (C=O) groups excluding carboxylic acids is 3. The number of urea groups is 1. The summed E-state index contributed by atoms with van der Waals surface area (Å²) in [7, 11) is 3.39. The first-order valence-corrected chi connectivity index (χ1v) is 21.7. The maximum absolute atomic E-state index is 14.9. The predicted molar refractivity (Wildman–Crippen MR) is 234 cm³/mol. The standard InChI is InChI=1S/C46H54F2N10O4/c1-29-38(6-5-7-39(29)57-22-15-43(60)50-46(57)61)54-19-10-31(11-20-54)26-53-17-12-32(13-18-53)58-40-14-21-55(30(2)59)27-37(40)45(51-58)52(3)33-8-9-34(36(24-33)44(47)48)35-25-42-49-16-23-56(42)28-41(35)62-4/h5-9,16,23-25,28,31-32,44H,10-15,17-22,26-27H2,1-4H3,(H,50,60,61). The largest absolute Gasteiger partial charge is 0.495 e. The van der Waals surface area contributed by atoms with Crippen LogP contribution in [0, 0.1) is 12.8 Å². The van der Waals surface area contributed by atoms with E-state index in [1.54, 1.807) is 46.9 Å². The summed E-state index contributed by atoms with van der Waals surface area (Å²) in [5.41, 5.74) is 7.12. The molecule has 0 radical (unpaired) electrons. The topological polar surface area (TPSA) is 124 Å². The van der Waals surface area contributed by atoms with Gasteiger partial charge in [-0.15, -0.1) is 0 Å². The van der Waals surface area contributed by atoms with Crippen LogP contribution in [0.2, 0.25) is 0 Å². The zero-order valence-electron chi connectivity index (χ0n) is 35.8. The van der Waals surface area contributed by atoms with Gasteiger partial charge in [0.15, 0.2) is 5.82 Å². The van der Waals surface area contributed by atoms with Gasteiger partial charge in [0.1, 0.15) is 11.4 Å². The summed E-state index contributed by atoms with van der Waals surface area (Å²) in [4.78, 5) is 51.7. The molecular weight excluding hydrogens is 795 g/mol. The van der Waals surface area contributed by atoms with Crippen molar-refractivity contribution >= 4 is 46.4 Å². The van der Waals surface area contributed by atoms with E-state index in [9.17, 15) is 23.2 Å². The lowest BCUT2D eigenvalue weighted by Gasteiger charge is -2.39. The molecular formula is C46H54F2N10O4. The van der Waals surface area contributed by atoms with Crippen LogP contribution in [0.4, 0.5) is 36.5 Å². The molecule has 4 aliphatic heterocycles. The third kappa shape index (κ3) is 7.84. The molecule has 1 N–H and O–H groups in total. The highest BCUT2D eigenvalue weighted by molar-refractivity contribution is 6.06. The first-order valence-electron chi connectivity index (χ1n) is 21.7. The monoisotopic (exact) mass is 848 g/mol. The molecule has 0 unspecified atom stereocenters. The number of aromatic nitrogens is 4. The smallest absolute Gasteiger partial charge is 0.328 e. The zero-order valence-corrected chi connectivity index (χ0v) is 35.8. The summed E-state index contributed by atoms with van der Waals surface area (Å²) in [5.74, 6) is 1.49. The molecule has 3 fully saturated rings. The van der Waals surface area contributed by atoms with Crippen LogP contribution in [0.5, 0.6) is 5.75 Å². The van der Waals surface area contributed by atoms with Crippen LogP contribution < -0.4 is 24.8 Å². The van der Waals surface area contributed by atoms with Crippen molar-refractivity contribution < 1.29 is 27.9 Å². The Morgan fingerprint density at radius 3 is 2.47 bits per heavy atom. The molecule has 3 saturated heterocycles. The first kappa shape index (κ1) is 41.3. The maximum atomic E-state index is 14.9. The van der Waals surface area contributed by atoms with Crippen molar-refractivity contribution in [3.63, 3.8) is 0 Å². The molecule has 7 heterocycles. The van der Waals surface area contributed by atoms with Gasteiger partial charge in [-0.1, -0.05) is 12.1 Å². The lowest BCUT2D eigenvalue weighted by molar-refractivity contribution is -0.129. The number of imide groups is 1. The van der Waals surface area contributed by atoms with Crippen LogP contribution in [0.3, 0.4) is 0 Å². The van der Waals surface area contributed by atoms with E-state index in [2.05, 4.69) is 37.8 Å². The molecule has 0 bridgehead atoms. The fourth-order valence-corrected chi connectivity index (χ4v) is 10.00. The Kier molecular flexibility index (Phi) is 11.4. The molecule has 16 heteroatoms. The highest BCUT2D eigenvalue weighted by Gasteiger charge is 2.34. The van der Waals surface area contributed by atoms with Crippen LogP contribution in [0.25, 0.3) is 16.8 Å². The number of benzene rings is 2. The van der Waals surface area contributed by atoms with E-state index in [4.69, 9.17) is 9.84 Å². The van der Waals surface area contributed by atoms with E-state index in [0.29, 0.717) is 72.4 Å². The number of carbonyl (C=O) groups is 3. The lowest BCUT2D eigenvalue weighted by atomic mass is 9.93. The summed E-state index contributed by atoms with van der Waals surface area (Å²) >= 11 is 0. The number of amides is 4. The molecule has 4 aliphatic rings. The molecule has 2 aromatic carbocycles. The second-order valence-electron chi connectivity index (χ2n) is 17.1. The highest BCUT2D eigenvalue weighted by atomic mass is 19.3. The van der Waals surface area contributed by atoms with Gasteiger partial charge in [-0.05, 0) is 80.0 Å². The minimum Gasteiger partial charge on any atom is -0.495 e. The van der Waals surface area contributed by atoms with Crippen LogP contribution in [-0.2, 0) is 22.6 Å². The van der Waals surface area contributed by atoms with Crippen LogP contribution in [-0.4, -0.2) is 107 Å². The quantitative estimate of drug-likeness (QED) is 0.157. The van der Waals surface area contributed by atoms with Gasteiger partial charge in [0.05, 0.1) is 31.6 Å². The molecule has 0 spiro atoms. The number of likely N-dealkylation sites (tertiary alicyclic amines) is 1. The summed E-state index contributed by atoms with van der Waals surface area (Å²) < 4.78 is 39.4. The number of alkyl halides is 2. The molecule has 14 nitrogen and oxygen atoms in total. The minimum absolute atomic E-state index is 0.00207. The van der Waals surface area contributed by atoms with Crippen molar-refractivity contribution in [2.24, 2.45) is 5.92 Å². The van der Waals surface area contributed by atoms with Crippen molar-refractivity contribution in [1.29, 1.82) is 0 Å². The molecule has 0 saturated carbocycles.